The Labute approximate surface area is 216 Å². The number of benzene rings is 1. The first-order valence-corrected chi connectivity index (χ1v) is 12.2. The van der Waals surface area contributed by atoms with Gasteiger partial charge >= 0.3 is 6.16 Å². The Morgan fingerprint density at radius 3 is 2.43 bits per heavy atom. The fourth-order valence-corrected chi connectivity index (χ4v) is 3.60. The van der Waals surface area contributed by atoms with Crippen LogP contribution in [0.4, 0.5) is 4.79 Å². The lowest BCUT2D eigenvalue weighted by molar-refractivity contribution is -0.151. The van der Waals surface area contributed by atoms with Gasteiger partial charge in [0.2, 0.25) is 5.91 Å². The Balaban J connectivity index is 1.89. The van der Waals surface area contributed by atoms with Crippen molar-refractivity contribution in [2.75, 3.05) is 7.11 Å². The minimum Gasteiger partial charge on any atom is -0.429 e. The van der Waals surface area contributed by atoms with Crippen molar-refractivity contribution in [3.05, 3.63) is 48.0 Å². The molecule has 1 aromatic rings. The molecule has 0 spiro atoms. The average molecular weight is 523 g/mol. The molecule has 0 radical (unpaired) electrons. The van der Waals surface area contributed by atoms with E-state index in [2.05, 4.69) is 10.6 Å². The quantitative estimate of drug-likeness (QED) is 0.224. The van der Waals surface area contributed by atoms with Crippen LogP contribution in [0.3, 0.4) is 0 Å². The summed E-state index contributed by atoms with van der Waals surface area (Å²) in [6, 6.07) is 8.05. The lowest BCUT2D eigenvalue weighted by Gasteiger charge is -2.28. The summed E-state index contributed by atoms with van der Waals surface area (Å²) in [5.74, 6) is -1.44. The first-order valence-electron chi connectivity index (χ1n) is 12.2. The highest BCUT2D eigenvalue weighted by Crippen LogP contribution is 2.18. The fourth-order valence-electron chi connectivity index (χ4n) is 3.60. The summed E-state index contributed by atoms with van der Waals surface area (Å²) in [5, 5.41) is 36.0. The zero-order chi connectivity index (χ0) is 27.6. The molecular weight excluding hydrogens is 484 g/mol. The maximum atomic E-state index is 12.8. The number of nitrogens with one attached hydrogen (secondary N) is 2. The minimum atomic E-state index is -1.77. The molecule has 0 aromatic heterocycles. The van der Waals surface area contributed by atoms with E-state index in [1.165, 1.54) is 6.08 Å². The number of ether oxygens (including phenoxy) is 3. The van der Waals surface area contributed by atoms with E-state index in [0.29, 0.717) is 12.8 Å². The largest absolute Gasteiger partial charge is 0.510 e. The molecule has 6 unspecified atom stereocenters. The molecule has 37 heavy (non-hydrogen) atoms. The van der Waals surface area contributed by atoms with Gasteiger partial charge in [0.1, 0.15) is 31.0 Å². The number of carbonyl (C=O) groups excluding carboxylic acids is 3. The summed E-state index contributed by atoms with van der Waals surface area (Å²) in [6.45, 7) is 5.70. The molecule has 1 heterocycles. The van der Waals surface area contributed by atoms with Crippen LogP contribution in [0.15, 0.2) is 42.5 Å². The maximum absolute atomic E-state index is 12.8. The predicted octanol–water partition coefficient (Wildman–Crippen LogP) is 1.15. The summed E-state index contributed by atoms with van der Waals surface area (Å²) >= 11 is 0. The van der Waals surface area contributed by atoms with Crippen molar-refractivity contribution in [1.29, 1.82) is 0 Å². The van der Waals surface area contributed by atoms with Crippen LogP contribution in [-0.4, -0.2) is 77.1 Å². The lowest BCUT2D eigenvalue weighted by Crippen LogP contribution is -2.56. The number of aliphatic hydroxyl groups is 3. The Kier molecular flexibility index (Phi) is 11.5. The van der Waals surface area contributed by atoms with E-state index in [9.17, 15) is 29.7 Å². The SMILES string of the molecule is COC(C(=O)NC1CCCC(OC(=O)OCc2ccccc2)NC1=O)C(O)C(O)C(O)/C=C/C(C)(C)C. The molecule has 1 saturated heterocycles. The molecule has 2 rings (SSSR count). The van der Waals surface area contributed by atoms with Gasteiger partial charge in [-0.15, -0.1) is 0 Å². The van der Waals surface area contributed by atoms with E-state index < -0.39 is 54.7 Å². The smallest absolute Gasteiger partial charge is 0.429 e. The van der Waals surface area contributed by atoms with Crippen LogP contribution in [0, 0.1) is 5.41 Å². The van der Waals surface area contributed by atoms with Gasteiger partial charge in [0, 0.05) is 13.5 Å². The van der Waals surface area contributed by atoms with Gasteiger partial charge < -0.3 is 40.2 Å². The van der Waals surface area contributed by atoms with E-state index in [4.69, 9.17) is 14.2 Å². The van der Waals surface area contributed by atoms with Gasteiger partial charge in [-0.2, -0.15) is 0 Å². The maximum Gasteiger partial charge on any atom is 0.510 e. The van der Waals surface area contributed by atoms with E-state index in [1.807, 2.05) is 39.0 Å². The third-order valence-electron chi connectivity index (χ3n) is 5.65. The number of rotatable bonds is 10. The Hall–Kier alpha value is -2.99. The van der Waals surface area contributed by atoms with Crippen molar-refractivity contribution >= 4 is 18.0 Å². The summed E-state index contributed by atoms with van der Waals surface area (Å²) in [7, 11) is 1.16. The van der Waals surface area contributed by atoms with Crippen LogP contribution in [0.1, 0.15) is 45.6 Å². The zero-order valence-corrected chi connectivity index (χ0v) is 21.6. The van der Waals surface area contributed by atoms with E-state index in [-0.39, 0.29) is 18.4 Å². The number of hydrogen-bond acceptors (Lipinski definition) is 9. The summed E-state index contributed by atoms with van der Waals surface area (Å²) < 4.78 is 15.3. The first-order chi connectivity index (χ1) is 17.4. The highest BCUT2D eigenvalue weighted by atomic mass is 16.7. The summed E-state index contributed by atoms with van der Waals surface area (Å²) in [4.78, 5) is 37.5. The normalized spacial score (nSPS) is 21.8. The first kappa shape index (κ1) is 30.2. The standard InChI is InChI=1S/C26H38N2O9/c1-26(2,3)14-13-18(29)20(30)21(31)22(35-4)24(33)27-17-11-8-12-19(28-23(17)32)37-25(34)36-15-16-9-6-5-7-10-16/h5-7,9-10,13-14,17-22,29-31H,8,11-12,15H2,1-4H3,(H,27,33)(H,28,32)/b14-13+. The molecule has 11 nitrogen and oxygen atoms in total. The van der Waals surface area contributed by atoms with Crippen molar-refractivity contribution in [2.45, 2.75) is 83.3 Å². The zero-order valence-electron chi connectivity index (χ0n) is 21.6. The Morgan fingerprint density at radius 2 is 1.81 bits per heavy atom. The fraction of sp³-hybridized carbons (Fsp3) is 0.577. The van der Waals surface area contributed by atoms with Crippen molar-refractivity contribution in [3.63, 3.8) is 0 Å². The van der Waals surface area contributed by atoms with Gasteiger partial charge in [-0.1, -0.05) is 63.3 Å². The van der Waals surface area contributed by atoms with Crippen LogP contribution in [-0.2, 0) is 30.4 Å². The second-order valence-electron chi connectivity index (χ2n) is 9.98. The van der Waals surface area contributed by atoms with Crippen LogP contribution in [0.2, 0.25) is 0 Å². The van der Waals surface area contributed by atoms with Gasteiger partial charge in [0.25, 0.3) is 5.91 Å². The molecule has 11 heteroatoms. The van der Waals surface area contributed by atoms with E-state index >= 15 is 0 Å². The minimum absolute atomic E-state index is 0.0201. The van der Waals surface area contributed by atoms with Crippen LogP contribution >= 0.6 is 0 Å². The molecular formula is C26H38N2O9. The molecule has 2 amide bonds. The lowest BCUT2D eigenvalue weighted by atomic mass is 9.94. The number of hydrogen-bond donors (Lipinski definition) is 5. The van der Waals surface area contributed by atoms with Crippen molar-refractivity contribution in [1.82, 2.24) is 10.6 Å². The molecule has 1 fully saturated rings. The Bertz CT molecular complexity index is 916. The highest BCUT2D eigenvalue weighted by molar-refractivity contribution is 5.90. The van der Waals surface area contributed by atoms with Crippen LogP contribution in [0.25, 0.3) is 0 Å². The predicted molar refractivity (Wildman–Crippen MR) is 133 cm³/mol. The van der Waals surface area contributed by atoms with Gasteiger partial charge in [0.05, 0.1) is 0 Å². The molecule has 0 aliphatic carbocycles. The molecule has 6 atom stereocenters. The number of aliphatic hydroxyl groups excluding tert-OH is 3. The third-order valence-corrected chi connectivity index (χ3v) is 5.65. The molecule has 0 bridgehead atoms. The van der Waals surface area contributed by atoms with Crippen molar-refractivity contribution < 1.29 is 43.9 Å². The molecule has 5 N–H and O–H groups in total. The van der Waals surface area contributed by atoms with Gasteiger partial charge in [-0.3, -0.25) is 9.59 Å². The molecule has 1 aliphatic heterocycles. The number of amides is 2. The number of methoxy groups -OCH3 is 1. The molecule has 0 saturated carbocycles. The summed E-state index contributed by atoms with van der Waals surface area (Å²) in [5.41, 5.74) is 0.515. The van der Waals surface area contributed by atoms with E-state index in [1.54, 1.807) is 18.2 Å². The molecule has 1 aliphatic rings. The topological polar surface area (TPSA) is 164 Å². The number of carbonyl (C=O) groups is 3. The average Bonchev–Trinajstić information content (AvgIpc) is 3.01. The third kappa shape index (κ3) is 10.1. The summed E-state index contributed by atoms with van der Waals surface area (Å²) in [6.07, 6.45) is -4.37. The second-order valence-corrected chi connectivity index (χ2v) is 9.98. The molecule has 206 valence electrons. The van der Waals surface area contributed by atoms with Crippen molar-refractivity contribution in [2.24, 2.45) is 5.41 Å². The highest BCUT2D eigenvalue weighted by Gasteiger charge is 2.37. The van der Waals surface area contributed by atoms with Crippen molar-refractivity contribution in [3.8, 4) is 0 Å². The monoisotopic (exact) mass is 522 g/mol. The van der Waals surface area contributed by atoms with Crippen LogP contribution in [0.5, 0.6) is 0 Å². The number of allylic oxidation sites excluding steroid dienone is 1. The van der Waals surface area contributed by atoms with E-state index in [0.717, 1.165) is 12.7 Å². The molecule has 1 aromatic carbocycles. The van der Waals surface area contributed by atoms with Gasteiger partial charge in [-0.25, -0.2) is 4.79 Å². The van der Waals surface area contributed by atoms with Crippen LogP contribution < -0.4 is 10.6 Å². The Morgan fingerprint density at radius 1 is 1.14 bits per heavy atom. The second kappa shape index (κ2) is 14.1. The van der Waals surface area contributed by atoms with Gasteiger partial charge in [-0.05, 0) is 23.8 Å². The van der Waals surface area contributed by atoms with Gasteiger partial charge in [0.15, 0.2) is 12.3 Å².